The van der Waals surface area contributed by atoms with Crippen molar-refractivity contribution < 1.29 is 9.18 Å². The largest absolute Gasteiger partial charge is 0.364 e. The van der Waals surface area contributed by atoms with Crippen LogP contribution in [0.4, 0.5) is 10.2 Å². The number of hydrogen-bond acceptors (Lipinski definition) is 3. The van der Waals surface area contributed by atoms with Crippen LogP contribution in [-0.4, -0.2) is 17.4 Å². The number of aromatic nitrogens is 1. The number of amides is 1. The molecule has 4 nitrogen and oxygen atoms in total. The molecule has 0 bridgehead atoms. The summed E-state index contributed by atoms with van der Waals surface area (Å²) in [5, 5.41) is 5.74. The van der Waals surface area contributed by atoms with Crippen molar-refractivity contribution in [3.05, 3.63) is 59.0 Å². The van der Waals surface area contributed by atoms with Gasteiger partial charge >= 0.3 is 0 Å². The number of rotatable bonds is 5. The second-order valence-electron chi connectivity index (χ2n) is 5.19. The lowest BCUT2D eigenvalue weighted by Gasteiger charge is -2.15. The van der Waals surface area contributed by atoms with Crippen LogP contribution in [0.25, 0.3) is 0 Å². The quantitative estimate of drug-likeness (QED) is 0.835. The van der Waals surface area contributed by atoms with E-state index in [2.05, 4.69) is 21.5 Å². The molecule has 1 unspecified atom stereocenters. The van der Waals surface area contributed by atoms with Crippen LogP contribution in [0.2, 0.25) is 0 Å². The SMILES string of the molecule is C#CCNC(=O)c1ccc(NC(C)c2ccc(C)c(F)c2)nc1. The number of carbonyl (C=O) groups is 1. The third-order valence-electron chi connectivity index (χ3n) is 3.44. The van der Waals surface area contributed by atoms with E-state index < -0.39 is 0 Å². The predicted octanol–water partition coefficient (Wildman–Crippen LogP) is 3.07. The van der Waals surface area contributed by atoms with Gasteiger partial charge in [-0.3, -0.25) is 4.79 Å². The molecule has 0 spiro atoms. The molecule has 0 radical (unpaired) electrons. The zero-order chi connectivity index (χ0) is 16.8. The number of nitrogens with one attached hydrogen (secondary N) is 2. The third kappa shape index (κ3) is 4.30. The summed E-state index contributed by atoms with van der Waals surface area (Å²) >= 11 is 0. The Bertz CT molecular complexity index is 735. The lowest BCUT2D eigenvalue weighted by molar-refractivity contribution is 0.0958. The molecule has 0 saturated carbocycles. The van der Waals surface area contributed by atoms with Gasteiger partial charge in [0.2, 0.25) is 0 Å². The predicted molar refractivity (Wildman–Crippen MR) is 88.6 cm³/mol. The normalized spacial score (nSPS) is 11.4. The Labute approximate surface area is 135 Å². The van der Waals surface area contributed by atoms with Gasteiger partial charge in [0.15, 0.2) is 0 Å². The van der Waals surface area contributed by atoms with Crippen LogP contribution < -0.4 is 10.6 Å². The van der Waals surface area contributed by atoms with Gasteiger partial charge in [-0.05, 0) is 43.2 Å². The highest BCUT2D eigenvalue weighted by Gasteiger charge is 2.09. The number of anilines is 1. The van der Waals surface area contributed by atoms with Crippen LogP contribution in [0.3, 0.4) is 0 Å². The number of pyridine rings is 1. The molecule has 118 valence electrons. The van der Waals surface area contributed by atoms with Gasteiger partial charge in [-0.15, -0.1) is 6.42 Å². The summed E-state index contributed by atoms with van der Waals surface area (Å²) in [6.45, 7) is 3.82. The van der Waals surface area contributed by atoms with Crippen LogP contribution in [-0.2, 0) is 0 Å². The fraction of sp³-hybridized carbons (Fsp3) is 0.222. The number of terminal acetylenes is 1. The molecule has 0 fully saturated rings. The number of halogens is 1. The van der Waals surface area contributed by atoms with Crippen LogP contribution >= 0.6 is 0 Å². The minimum Gasteiger partial charge on any atom is -0.364 e. The van der Waals surface area contributed by atoms with Crippen molar-refractivity contribution in [2.45, 2.75) is 19.9 Å². The molecule has 1 aromatic carbocycles. The molecular weight excluding hydrogens is 293 g/mol. The fourth-order valence-electron chi connectivity index (χ4n) is 2.03. The first-order chi connectivity index (χ1) is 11.0. The van der Waals surface area contributed by atoms with E-state index in [0.717, 1.165) is 5.56 Å². The van der Waals surface area contributed by atoms with E-state index in [1.807, 2.05) is 13.0 Å². The van der Waals surface area contributed by atoms with Crippen molar-refractivity contribution in [3.63, 3.8) is 0 Å². The lowest BCUT2D eigenvalue weighted by Crippen LogP contribution is -2.23. The third-order valence-corrected chi connectivity index (χ3v) is 3.44. The van der Waals surface area contributed by atoms with Crippen LogP contribution in [0.5, 0.6) is 0 Å². The average Bonchev–Trinajstić information content (AvgIpc) is 2.55. The summed E-state index contributed by atoms with van der Waals surface area (Å²) in [4.78, 5) is 15.9. The Morgan fingerprint density at radius 1 is 1.39 bits per heavy atom. The number of benzene rings is 1. The van der Waals surface area contributed by atoms with Crippen molar-refractivity contribution in [2.24, 2.45) is 0 Å². The Hall–Kier alpha value is -2.87. The summed E-state index contributed by atoms with van der Waals surface area (Å²) < 4.78 is 13.6. The van der Waals surface area contributed by atoms with Gasteiger partial charge in [0.1, 0.15) is 11.6 Å². The van der Waals surface area contributed by atoms with E-state index >= 15 is 0 Å². The number of carbonyl (C=O) groups excluding carboxylic acids is 1. The highest BCUT2D eigenvalue weighted by Crippen LogP contribution is 2.20. The summed E-state index contributed by atoms with van der Waals surface area (Å²) in [5.74, 6) is 2.44. The first kappa shape index (κ1) is 16.5. The summed E-state index contributed by atoms with van der Waals surface area (Å²) in [6, 6.07) is 8.37. The van der Waals surface area contributed by atoms with Crippen molar-refractivity contribution in [1.82, 2.24) is 10.3 Å². The minimum atomic E-state index is -0.268. The first-order valence-corrected chi connectivity index (χ1v) is 7.21. The van der Waals surface area contributed by atoms with Gasteiger partial charge in [0.05, 0.1) is 18.2 Å². The van der Waals surface area contributed by atoms with Gasteiger partial charge in [-0.2, -0.15) is 0 Å². The molecule has 2 rings (SSSR count). The van der Waals surface area contributed by atoms with Gasteiger partial charge in [0, 0.05) is 6.20 Å². The molecule has 0 aliphatic heterocycles. The molecule has 1 amide bonds. The summed E-state index contributed by atoms with van der Waals surface area (Å²) in [5.41, 5.74) is 1.87. The zero-order valence-corrected chi connectivity index (χ0v) is 13.1. The molecular formula is C18H18FN3O. The van der Waals surface area contributed by atoms with E-state index in [9.17, 15) is 9.18 Å². The summed E-state index contributed by atoms with van der Waals surface area (Å²) in [7, 11) is 0. The highest BCUT2D eigenvalue weighted by molar-refractivity contribution is 5.94. The smallest absolute Gasteiger partial charge is 0.253 e. The average molecular weight is 311 g/mol. The Morgan fingerprint density at radius 2 is 2.17 bits per heavy atom. The number of hydrogen-bond donors (Lipinski definition) is 2. The molecule has 0 aliphatic rings. The molecule has 1 aromatic heterocycles. The van der Waals surface area contributed by atoms with Gasteiger partial charge in [-0.1, -0.05) is 18.1 Å². The Balaban J connectivity index is 2.04. The Morgan fingerprint density at radius 3 is 2.78 bits per heavy atom. The number of nitrogens with zero attached hydrogens (tertiary/aromatic N) is 1. The second-order valence-corrected chi connectivity index (χ2v) is 5.19. The van der Waals surface area contributed by atoms with E-state index in [0.29, 0.717) is 16.9 Å². The minimum absolute atomic E-state index is 0.112. The number of aryl methyl sites for hydroxylation is 1. The second kappa shape index (κ2) is 7.41. The van der Waals surface area contributed by atoms with E-state index in [4.69, 9.17) is 6.42 Å². The maximum atomic E-state index is 13.6. The van der Waals surface area contributed by atoms with Crippen molar-refractivity contribution >= 4 is 11.7 Å². The van der Waals surface area contributed by atoms with Crippen molar-refractivity contribution in [2.75, 3.05) is 11.9 Å². The maximum Gasteiger partial charge on any atom is 0.253 e. The van der Waals surface area contributed by atoms with Gasteiger partial charge in [0.25, 0.3) is 5.91 Å². The van der Waals surface area contributed by atoms with Crippen LogP contribution in [0.15, 0.2) is 36.5 Å². The molecule has 2 N–H and O–H groups in total. The zero-order valence-electron chi connectivity index (χ0n) is 13.1. The fourth-order valence-corrected chi connectivity index (χ4v) is 2.03. The molecule has 1 heterocycles. The van der Waals surface area contributed by atoms with E-state index in [-0.39, 0.29) is 24.3 Å². The molecule has 2 aromatic rings. The topological polar surface area (TPSA) is 54.0 Å². The standard InChI is InChI=1S/C18H18FN3O/c1-4-9-20-18(23)15-7-8-17(21-11-15)22-13(3)14-6-5-12(2)16(19)10-14/h1,5-8,10-11,13H,9H2,2-3H3,(H,20,23)(H,21,22). The monoisotopic (exact) mass is 311 g/mol. The van der Waals surface area contributed by atoms with E-state index in [1.54, 1.807) is 25.1 Å². The molecule has 0 aliphatic carbocycles. The first-order valence-electron chi connectivity index (χ1n) is 7.21. The van der Waals surface area contributed by atoms with Crippen LogP contribution in [0.1, 0.15) is 34.5 Å². The van der Waals surface area contributed by atoms with Crippen molar-refractivity contribution in [1.29, 1.82) is 0 Å². The van der Waals surface area contributed by atoms with Gasteiger partial charge in [-0.25, -0.2) is 9.37 Å². The lowest BCUT2D eigenvalue weighted by atomic mass is 10.1. The Kier molecular flexibility index (Phi) is 5.32. The summed E-state index contributed by atoms with van der Waals surface area (Å²) in [6.07, 6.45) is 6.56. The van der Waals surface area contributed by atoms with Crippen molar-refractivity contribution in [3.8, 4) is 12.3 Å². The molecule has 5 heteroatoms. The molecule has 23 heavy (non-hydrogen) atoms. The maximum absolute atomic E-state index is 13.6. The van der Waals surface area contributed by atoms with Gasteiger partial charge < -0.3 is 10.6 Å². The van der Waals surface area contributed by atoms with E-state index in [1.165, 1.54) is 12.3 Å². The van der Waals surface area contributed by atoms with Crippen LogP contribution in [0, 0.1) is 25.1 Å². The molecule has 1 atom stereocenters. The molecule has 0 saturated heterocycles. The highest BCUT2D eigenvalue weighted by atomic mass is 19.1.